The number of carbonyl (C=O) groups excluding carboxylic acids is 1. The zero-order chi connectivity index (χ0) is 12.7. The standard InChI is InChI=1S/C7H11N5O4S/c1-16-4(2-5(13)14)3-8-6(15)9-7-10-11-12-17-7/h4H,2-3H2,1H3,(H,13,14)(H2,8,9,10,12,15). The predicted octanol–water partition coefficient (Wildman–Crippen LogP) is -0.456. The van der Waals surface area contributed by atoms with Crippen molar-refractivity contribution in [2.45, 2.75) is 12.5 Å². The number of nitrogens with one attached hydrogen (secondary N) is 2. The number of urea groups is 1. The molecular formula is C7H11N5O4S. The van der Waals surface area contributed by atoms with Crippen molar-refractivity contribution < 1.29 is 19.4 Å². The Bertz CT molecular complexity index is 370. The van der Waals surface area contributed by atoms with Crippen LogP contribution in [-0.2, 0) is 9.53 Å². The summed E-state index contributed by atoms with van der Waals surface area (Å²) in [5.74, 6) is -0.993. The zero-order valence-electron chi connectivity index (χ0n) is 8.91. The molecule has 0 radical (unpaired) electrons. The van der Waals surface area contributed by atoms with Gasteiger partial charge in [-0.05, 0) is 5.21 Å². The van der Waals surface area contributed by atoms with Crippen molar-refractivity contribution >= 4 is 28.7 Å². The van der Waals surface area contributed by atoms with E-state index in [-0.39, 0.29) is 18.1 Å². The number of ether oxygens (including phenoxy) is 1. The minimum Gasteiger partial charge on any atom is -0.481 e. The van der Waals surface area contributed by atoms with E-state index in [1.54, 1.807) is 0 Å². The van der Waals surface area contributed by atoms with Gasteiger partial charge in [-0.1, -0.05) is 9.59 Å². The molecule has 9 nitrogen and oxygen atoms in total. The third kappa shape index (κ3) is 5.17. The van der Waals surface area contributed by atoms with Crippen molar-refractivity contribution in [3.63, 3.8) is 0 Å². The maximum absolute atomic E-state index is 11.3. The lowest BCUT2D eigenvalue weighted by Crippen LogP contribution is -2.37. The molecule has 0 saturated carbocycles. The average molecular weight is 261 g/mol. The molecule has 0 spiro atoms. The second-order valence-corrected chi connectivity index (χ2v) is 3.69. The number of carboxylic acids is 1. The van der Waals surface area contributed by atoms with Crippen molar-refractivity contribution in [1.82, 2.24) is 20.1 Å². The first-order valence-electron chi connectivity index (χ1n) is 4.56. The molecule has 0 bridgehead atoms. The molecule has 1 aromatic rings. The number of hydrogen-bond acceptors (Lipinski definition) is 7. The molecular weight excluding hydrogens is 250 g/mol. The van der Waals surface area contributed by atoms with Crippen molar-refractivity contribution in [2.75, 3.05) is 19.0 Å². The number of aliphatic carboxylic acids is 1. The second kappa shape index (κ2) is 6.70. The lowest BCUT2D eigenvalue weighted by Gasteiger charge is -2.13. The van der Waals surface area contributed by atoms with Gasteiger partial charge in [0.05, 0.1) is 12.5 Å². The van der Waals surface area contributed by atoms with Crippen LogP contribution in [0.4, 0.5) is 9.93 Å². The number of carbonyl (C=O) groups is 2. The van der Waals surface area contributed by atoms with Crippen LogP contribution >= 0.6 is 11.5 Å². The van der Waals surface area contributed by atoms with E-state index in [1.807, 2.05) is 0 Å². The Morgan fingerprint density at radius 1 is 1.59 bits per heavy atom. The highest BCUT2D eigenvalue weighted by atomic mass is 32.1. The number of rotatable bonds is 6. The van der Waals surface area contributed by atoms with Gasteiger partial charge in [0.1, 0.15) is 0 Å². The number of hydrogen-bond donors (Lipinski definition) is 3. The Morgan fingerprint density at radius 3 is 2.88 bits per heavy atom. The topological polar surface area (TPSA) is 126 Å². The van der Waals surface area contributed by atoms with Gasteiger partial charge in [-0.15, -0.1) is 0 Å². The maximum Gasteiger partial charge on any atom is 0.321 e. The van der Waals surface area contributed by atoms with Crippen LogP contribution in [0.3, 0.4) is 0 Å². The predicted molar refractivity (Wildman–Crippen MR) is 57.8 cm³/mol. The first-order valence-corrected chi connectivity index (χ1v) is 5.33. The summed E-state index contributed by atoms with van der Waals surface area (Å²) in [4.78, 5) is 21.7. The van der Waals surface area contributed by atoms with E-state index < -0.39 is 18.1 Å². The molecule has 1 atom stereocenters. The summed E-state index contributed by atoms with van der Waals surface area (Å²) in [6.45, 7) is 0.0842. The first-order chi connectivity index (χ1) is 8.11. The van der Waals surface area contributed by atoms with Crippen LogP contribution < -0.4 is 10.6 Å². The molecule has 1 rings (SSSR count). The van der Waals surface area contributed by atoms with Crippen LogP contribution in [0.2, 0.25) is 0 Å². The van der Waals surface area contributed by atoms with E-state index in [4.69, 9.17) is 9.84 Å². The maximum atomic E-state index is 11.3. The second-order valence-electron chi connectivity index (χ2n) is 2.96. The first kappa shape index (κ1) is 13.3. The fourth-order valence-electron chi connectivity index (χ4n) is 0.963. The van der Waals surface area contributed by atoms with Gasteiger partial charge in [-0.2, -0.15) is 0 Å². The van der Waals surface area contributed by atoms with Crippen LogP contribution in [-0.4, -0.2) is 51.7 Å². The third-order valence-corrected chi connectivity index (χ3v) is 2.26. The highest BCUT2D eigenvalue weighted by molar-refractivity contribution is 7.09. The molecule has 0 aliphatic heterocycles. The summed E-state index contributed by atoms with van der Waals surface area (Å²) in [7, 11) is 1.38. The smallest absolute Gasteiger partial charge is 0.321 e. The van der Waals surface area contributed by atoms with E-state index in [0.29, 0.717) is 0 Å². The number of nitrogens with zero attached hydrogens (tertiary/aromatic N) is 3. The minimum absolute atomic E-state index is 0.0842. The van der Waals surface area contributed by atoms with Gasteiger partial charge in [0, 0.05) is 25.2 Å². The van der Waals surface area contributed by atoms with Gasteiger partial charge in [-0.25, -0.2) is 4.79 Å². The Hall–Kier alpha value is -1.81. The van der Waals surface area contributed by atoms with Crippen molar-refractivity contribution in [1.29, 1.82) is 0 Å². The molecule has 17 heavy (non-hydrogen) atoms. The number of amides is 2. The normalized spacial score (nSPS) is 11.8. The summed E-state index contributed by atoms with van der Waals surface area (Å²) < 4.78 is 8.35. The monoisotopic (exact) mass is 261 g/mol. The Morgan fingerprint density at radius 2 is 2.35 bits per heavy atom. The molecule has 1 heterocycles. The molecule has 1 aromatic heterocycles. The lowest BCUT2D eigenvalue weighted by molar-refractivity contribution is -0.139. The molecule has 0 aromatic carbocycles. The molecule has 10 heteroatoms. The Kier molecular flexibility index (Phi) is 5.23. The van der Waals surface area contributed by atoms with Crippen LogP contribution in [0, 0.1) is 0 Å². The summed E-state index contributed by atoms with van der Waals surface area (Å²) >= 11 is 0.932. The molecule has 2 amide bonds. The summed E-state index contributed by atoms with van der Waals surface area (Å²) in [6.07, 6.45) is -0.761. The van der Waals surface area contributed by atoms with Gasteiger partial charge in [0.2, 0.25) is 5.13 Å². The van der Waals surface area contributed by atoms with Crippen LogP contribution in [0.1, 0.15) is 6.42 Å². The molecule has 0 fully saturated rings. The minimum atomic E-state index is -0.993. The van der Waals surface area contributed by atoms with Crippen molar-refractivity contribution in [2.24, 2.45) is 0 Å². The van der Waals surface area contributed by atoms with E-state index >= 15 is 0 Å². The number of aromatic nitrogens is 3. The summed E-state index contributed by atoms with van der Waals surface area (Å²) in [5.41, 5.74) is 0. The van der Waals surface area contributed by atoms with Crippen LogP contribution in [0.25, 0.3) is 0 Å². The van der Waals surface area contributed by atoms with Gasteiger partial charge in [0.15, 0.2) is 0 Å². The van der Waals surface area contributed by atoms with Gasteiger partial charge in [-0.3, -0.25) is 10.1 Å². The van der Waals surface area contributed by atoms with Crippen molar-refractivity contribution in [3.05, 3.63) is 0 Å². The van der Waals surface area contributed by atoms with Gasteiger partial charge >= 0.3 is 12.0 Å². The molecule has 0 aliphatic carbocycles. The highest BCUT2D eigenvalue weighted by Gasteiger charge is 2.13. The molecule has 3 N–H and O–H groups in total. The zero-order valence-corrected chi connectivity index (χ0v) is 9.73. The number of carboxylic acid groups (broad SMARTS) is 1. The van der Waals surface area contributed by atoms with Gasteiger partial charge < -0.3 is 15.2 Å². The number of methoxy groups -OCH3 is 1. The summed E-state index contributed by atoms with van der Waals surface area (Å²) in [5, 5.41) is 20.5. The SMILES string of the molecule is COC(CNC(=O)Nc1nnns1)CC(=O)O. The molecule has 94 valence electrons. The largest absolute Gasteiger partial charge is 0.481 e. The molecule has 1 unspecified atom stereocenters. The fourth-order valence-corrected chi connectivity index (χ4v) is 1.33. The molecule has 0 saturated heterocycles. The fraction of sp³-hybridized carbons (Fsp3) is 0.571. The quantitative estimate of drug-likeness (QED) is 0.632. The van der Waals surface area contributed by atoms with Gasteiger partial charge in [0.25, 0.3) is 0 Å². The highest BCUT2D eigenvalue weighted by Crippen LogP contribution is 2.03. The Labute approximate surface area is 100 Å². The lowest BCUT2D eigenvalue weighted by atomic mass is 10.2. The van der Waals surface area contributed by atoms with E-state index in [1.165, 1.54) is 7.11 Å². The van der Waals surface area contributed by atoms with E-state index in [9.17, 15) is 9.59 Å². The third-order valence-electron chi connectivity index (χ3n) is 1.75. The average Bonchev–Trinajstić information content (AvgIpc) is 2.76. The van der Waals surface area contributed by atoms with Crippen LogP contribution in [0.5, 0.6) is 0 Å². The van der Waals surface area contributed by atoms with E-state index in [0.717, 1.165) is 11.5 Å². The summed E-state index contributed by atoms with van der Waals surface area (Å²) in [6, 6.07) is -0.518. The molecule has 0 aliphatic rings. The van der Waals surface area contributed by atoms with E-state index in [2.05, 4.69) is 25.4 Å². The Balaban J connectivity index is 2.29. The number of anilines is 1. The van der Waals surface area contributed by atoms with Crippen molar-refractivity contribution in [3.8, 4) is 0 Å². The van der Waals surface area contributed by atoms with Crippen LogP contribution in [0.15, 0.2) is 0 Å².